The van der Waals surface area contributed by atoms with Crippen molar-refractivity contribution in [2.45, 2.75) is 0 Å². The van der Waals surface area contributed by atoms with E-state index in [4.69, 9.17) is 4.55 Å². The van der Waals surface area contributed by atoms with E-state index in [2.05, 4.69) is 4.72 Å². The Hall–Kier alpha value is -0.330. The van der Waals surface area contributed by atoms with Crippen molar-refractivity contribution < 1.29 is 15.8 Å². The molecule has 0 aromatic heterocycles. The molecule has 0 bridgehead atoms. The number of hydrogen-bond acceptors (Lipinski definition) is 2. The summed E-state index contributed by atoms with van der Waals surface area (Å²) in [5.41, 5.74) is 0.371. The standard InChI is InChI=1S/C10H9NO3S.Ca.2H/c12-15(13,14)11-10-7-3-5-8-4-1-2-6-9(8)10;;;/h1-7,11H,(H,12,13,14);;;/q;+2;2*-1. The van der Waals surface area contributed by atoms with Crippen molar-refractivity contribution in [3.63, 3.8) is 0 Å². The van der Waals surface area contributed by atoms with Crippen LogP contribution in [-0.4, -0.2) is 50.7 Å². The first-order valence-corrected chi connectivity index (χ1v) is 5.73. The molecule has 4 nitrogen and oxygen atoms in total. The van der Waals surface area contributed by atoms with Gasteiger partial charge in [0.25, 0.3) is 0 Å². The van der Waals surface area contributed by atoms with Gasteiger partial charge in [-0.25, -0.2) is 0 Å². The zero-order chi connectivity index (χ0) is 10.9. The third-order valence-corrected chi connectivity index (χ3v) is 2.51. The molecule has 16 heavy (non-hydrogen) atoms. The second-order valence-electron chi connectivity index (χ2n) is 3.10. The van der Waals surface area contributed by atoms with Crippen LogP contribution in [0.25, 0.3) is 10.8 Å². The first-order chi connectivity index (χ1) is 7.06. The van der Waals surface area contributed by atoms with E-state index in [9.17, 15) is 8.42 Å². The molecule has 82 valence electrons. The molecule has 0 saturated heterocycles. The summed E-state index contributed by atoms with van der Waals surface area (Å²) in [7, 11) is -4.22. The van der Waals surface area contributed by atoms with Gasteiger partial charge in [0.1, 0.15) is 0 Å². The Morgan fingerprint density at radius 2 is 1.69 bits per heavy atom. The van der Waals surface area contributed by atoms with Crippen LogP contribution in [0.5, 0.6) is 0 Å². The molecule has 0 fully saturated rings. The van der Waals surface area contributed by atoms with Crippen LogP contribution >= 0.6 is 0 Å². The summed E-state index contributed by atoms with van der Waals surface area (Å²) in [6.07, 6.45) is 0. The largest absolute Gasteiger partial charge is 2.00 e. The van der Waals surface area contributed by atoms with Crippen molar-refractivity contribution in [3.8, 4) is 0 Å². The Morgan fingerprint density at radius 3 is 2.38 bits per heavy atom. The molecule has 6 heteroatoms. The number of anilines is 1. The fourth-order valence-electron chi connectivity index (χ4n) is 1.45. The van der Waals surface area contributed by atoms with Gasteiger partial charge in [0.05, 0.1) is 5.69 Å². The van der Waals surface area contributed by atoms with Crippen LogP contribution in [0.3, 0.4) is 0 Å². The Kier molecular flexibility index (Phi) is 4.58. The molecule has 0 heterocycles. The summed E-state index contributed by atoms with van der Waals surface area (Å²) in [4.78, 5) is 0. The minimum atomic E-state index is -4.22. The zero-order valence-electron chi connectivity index (χ0n) is 10.4. The minimum absolute atomic E-state index is 0. The maximum Gasteiger partial charge on any atom is 2.00 e. The van der Waals surface area contributed by atoms with Gasteiger partial charge < -0.3 is 2.85 Å². The van der Waals surface area contributed by atoms with Gasteiger partial charge in [-0.3, -0.25) is 9.27 Å². The molecule has 0 aliphatic rings. The van der Waals surface area contributed by atoms with Gasteiger partial charge in [-0.1, -0.05) is 36.4 Å². The minimum Gasteiger partial charge on any atom is -1.00 e. The molecule has 2 aromatic carbocycles. The predicted molar refractivity (Wildman–Crippen MR) is 67.1 cm³/mol. The number of nitrogens with one attached hydrogen (secondary N) is 1. The van der Waals surface area contributed by atoms with Gasteiger partial charge in [-0.05, 0) is 11.5 Å². The molecule has 0 atom stereocenters. The molecular formula is C10H11CaNO3S. The van der Waals surface area contributed by atoms with Crippen molar-refractivity contribution in [1.29, 1.82) is 0 Å². The van der Waals surface area contributed by atoms with Gasteiger partial charge in [-0.15, -0.1) is 0 Å². The summed E-state index contributed by atoms with van der Waals surface area (Å²) in [5.74, 6) is 0. The summed E-state index contributed by atoms with van der Waals surface area (Å²) >= 11 is 0. The average molecular weight is 265 g/mol. The molecule has 0 amide bonds. The van der Waals surface area contributed by atoms with Gasteiger partial charge in [0.2, 0.25) is 0 Å². The van der Waals surface area contributed by atoms with E-state index >= 15 is 0 Å². The Balaban J connectivity index is 0. The number of fused-ring (bicyclic) bond motifs is 1. The smallest absolute Gasteiger partial charge is 1.00 e. The molecule has 2 rings (SSSR count). The first kappa shape index (κ1) is 13.7. The van der Waals surface area contributed by atoms with E-state index in [-0.39, 0.29) is 40.6 Å². The van der Waals surface area contributed by atoms with Gasteiger partial charge >= 0.3 is 48.0 Å². The van der Waals surface area contributed by atoms with E-state index < -0.39 is 10.3 Å². The number of rotatable bonds is 2. The first-order valence-electron chi connectivity index (χ1n) is 4.29. The van der Waals surface area contributed by atoms with Crippen LogP contribution in [0, 0.1) is 0 Å². The summed E-state index contributed by atoms with van der Waals surface area (Å²) in [5, 5.41) is 1.66. The predicted octanol–water partition coefficient (Wildman–Crippen LogP) is 1.90. The monoisotopic (exact) mass is 265 g/mol. The van der Waals surface area contributed by atoms with Crippen LogP contribution in [0.2, 0.25) is 0 Å². The molecule has 0 spiro atoms. The molecule has 0 aliphatic heterocycles. The van der Waals surface area contributed by atoms with Crippen LogP contribution < -0.4 is 4.72 Å². The second kappa shape index (κ2) is 5.33. The fourth-order valence-corrected chi connectivity index (χ4v) is 1.91. The molecule has 0 aliphatic carbocycles. The van der Waals surface area contributed by atoms with E-state index in [0.29, 0.717) is 5.69 Å². The van der Waals surface area contributed by atoms with E-state index in [1.807, 2.05) is 18.2 Å². The molecule has 0 unspecified atom stereocenters. The Bertz CT molecular complexity index is 602. The SMILES string of the molecule is O=S(=O)(O)Nc1cccc2ccccc12.[Ca+2].[H-].[H-]. The van der Waals surface area contributed by atoms with Crippen LogP contribution in [0.4, 0.5) is 5.69 Å². The van der Waals surface area contributed by atoms with Crippen molar-refractivity contribution in [1.82, 2.24) is 0 Å². The normalized spacial score (nSPS) is 10.8. The third kappa shape index (κ3) is 3.33. The third-order valence-electron chi connectivity index (χ3n) is 2.03. The summed E-state index contributed by atoms with van der Waals surface area (Å²) in [6.45, 7) is 0. The van der Waals surface area contributed by atoms with Crippen molar-refractivity contribution in [3.05, 3.63) is 42.5 Å². The molecule has 0 radical (unpaired) electrons. The maximum absolute atomic E-state index is 10.7. The van der Waals surface area contributed by atoms with Crippen LogP contribution in [0.1, 0.15) is 2.85 Å². The Morgan fingerprint density at radius 1 is 1.06 bits per heavy atom. The van der Waals surface area contributed by atoms with E-state index in [0.717, 1.165) is 10.8 Å². The number of benzene rings is 2. The summed E-state index contributed by atoms with van der Waals surface area (Å²) < 4.78 is 32.1. The molecule has 2 N–H and O–H groups in total. The van der Waals surface area contributed by atoms with Gasteiger partial charge in [-0.2, -0.15) is 8.42 Å². The van der Waals surface area contributed by atoms with E-state index in [1.54, 1.807) is 24.3 Å². The zero-order valence-corrected chi connectivity index (χ0v) is 11.4. The fraction of sp³-hybridized carbons (Fsp3) is 0. The average Bonchev–Trinajstić information content (AvgIpc) is 2.16. The molecule has 2 aromatic rings. The number of hydrogen-bond donors (Lipinski definition) is 2. The van der Waals surface area contributed by atoms with Crippen LogP contribution in [0.15, 0.2) is 42.5 Å². The molecule has 0 saturated carbocycles. The Labute approximate surface area is 127 Å². The maximum atomic E-state index is 10.7. The van der Waals surface area contributed by atoms with Crippen LogP contribution in [-0.2, 0) is 10.3 Å². The van der Waals surface area contributed by atoms with Gasteiger partial charge in [0.15, 0.2) is 0 Å². The second-order valence-corrected chi connectivity index (χ2v) is 4.26. The van der Waals surface area contributed by atoms with Crippen molar-refractivity contribution in [2.75, 3.05) is 4.72 Å². The quantitative estimate of drug-likeness (QED) is 0.644. The van der Waals surface area contributed by atoms with Crippen molar-refractivity contribution >= 4 is 64.5 Å². The van der Waals surface area contributed by atoms with Gasteiger partial charge in [0, 0.05) is 5.39 Å². The van der Waals surface area contributed by atoms with Crippen molar-refractivity contribution in [2.24, 2.45) is 0 Å². The van der Waals surface area contributed by atoms with E-state index in [1.165, 1.54) is 0 Å². The topological polar surface area (TPSA) is 66.4 Å². The molecular weight excluding hydrogens is 254 g/mol. The summed E-state index contributed by atoms with van der Waals surface area (Å²) in [6, 6.07) is 12.5.